The average Bonchev–Trinajstić information content (AvgIpc) is 1.61. The molecule has 0 aromatic rings. The third-order valence-corrected chi connectivity index (χ3v) is 0.498. The molecule has 2 heteroatoms. The molecule has 0 spiro atoms. The fourth-order valence-electron chi connectivity index (χ4n) is 0.219. The van der Waals surface area contributed by atoms with Crippen LogP contribution in [0.3, 0.4) is 0 Å². The minimum Gasteiger partial charge on any atom is -0.379 e. The standard InChI is InChI=1S/C5H10NO/c1-3-4-6-5(2)7/h3,5-7H,1-2,4H2. The highest BCUT2D eigenvalue weighted by molar-refractivity contribution is 4.70. The van der Waals surface area contributed by atoms with Gasteiger partial charge in [-0.25, -0.2) is 0 Å². The second kappa shape index (κ2) is 3.84. The van der Waals surface area contributed by atoms with Crippen molar-refractivity contribution in [2.24, 2.45) is 0 Å². The van der Waals surface area contributed by atoms with Gasteiger partial charge in [-0.05, 0) is 6.92 Å². The van der Waals surface area contributed by atoms with Crippen LogP contribution in [-0.4, -0.2) is 17.9 Å². The van der Waals surface area contributed by atoms with Gasteiger partial charge in [-0.3, -0.25) is 5.32 Å². The van der Waals surface area contributed by atoms with Crippen molar-refractivity contribution in [3.8, 4) is 0 Å². The summed E-state index contributed by atoms with van der Waals surface area (Å²) in [6, 6.07) is 0. The first kappa shape index (κ1) is 6.66. The van der Waals surface area contributed by atoms with Crippen molar-refractivity contribution in [2.75, 3.05) is 6.54 Å². The molecule has 2 N–H and O–H groups in total. The minimum absolute atomic E-state index is 0.602. The molecule has 0 saturated carbocycles. The smallest absolute Gasteiger partial charge is 0.105 e. The van der Waals surface area contributed by atoms with Crippen LogP contribution >= 0.6 is 0 Å². The number of rotatable bonds is 3. The van der Waals surface area contributed by atoms with Gasteiger partial charge in [0, 0.05) is 6.54 Å². The molecular weight excluding hydrogens is 90.1 g/mol. The highest BCUT2D eigenvalue weighted by atomic mass is 16.3. The van der Waals surface area contributed by atoms with E-state index >= 15 is 0 Å². The monoisotopic (exact) mass is 100 g/mol. The van der Waals surface area contributed by atoms with Gasteiger partial charge in [0.15, 0.2) is 0 Å². The number of hydrogen-bond acceptors (Lipinski definition) is 2. The third kappa shape index (κ3) is 5.66. The zero-order valence-electron chi connectivity index (χ0n) is 4.22. The van der Waals surface area contributed by atoms with Gasteiger partial charge in [0.25, 0.3) is 0 Å². The van der Waals surface area contributed by atoms with E-state index in [1.54, 1.807) is 6.08 Å². The number of nitrogens with one attached hydrogen (secondary N) is 1. The molecule has 7 heavy (non-hydrogen) atoms. The molecule has 0 rings (SSSR count). The maximum atomic E-state index is 8.41. The quantitative estimate of drug-likeness (QED) is 0.384. The van der Waals surface area contributed by atoms with E-state index in [0.29, 0.717) is 6.54 Å². The van der Waals surface area contributed by atoms with E-state index in [1.165, 1.54) is 0 Å². The Morgan fingerprint density at radius 2 is 2.43 bits per heavy atom. The van der Waals surface area contributed by atoms with Crippen LogP contribution in [0.1, 0.15) is 0 Å². The van der Waals surface area contributed by atoms with Crippen LogP contribution in [0.5, 0.6) is 0 Å². The Bertz CT molecular complexity index is 52.0. The lowest BCUT2D eigenvalue weighted by Crippen LogP contribution is -2.25. The van der Waals surface area contributed by atoms with E-state index in [1.807, 2.05) is 0 Å². The predicted octanol–water partition coefficient (Wildman–Crippen LogP) is -0.0855. The van der Waals surface area contributed by atoms with Crippen molar-refractivity contribution in [1.29, 1.82) is 0 Å². The molecule has 0 aliphatic carbocycles. The molecule has 2 nitrogen and oxygen atoms in total. The van der Waals surface area contributed by atoms with Crippen molar-refractivity contribution in [3.63, 3.8) is 0 Å². The van der Waals surface area contributed by atoms with Gasteiger partial charge in [-0.2, -0.15) is 0 Å². The highest BCUT2D eigenvalue weighted by Crippen LogP contribution is 1.67. The maximum absolute atomic E-state index is 8.41. The summed E-state index contributed by atoms with van der Waals surface area (Å²) in [5.41, 5.74) is 0. The summed E-state index contributed by atoms with van der Waals surface area (Å²) in [7, 11) is 0. The molecule has 0 aliphatic heterocycles. The maximum Gasteiger partial charge on any atom is 0.105 e. The Balaban J connectivity index is 2.81. The first-order chi connectivity index (χ1) is 3.27. The van der Waals surface area contributed by atoms with Gasteiger partial charge < -0.3 is 5.11 Å². The molecule has 41 valence electrons. The summed E-state index contributed by atoms with van der Waals surface area (Å²) in [6.45, 7) is 7.31. The van der Waals surface area contributed by atoms with E-state index in [9.17, 15) is 0 Å². The van der Waals surface area contributed by atoms with Crippen LogP contribution in [0.25, 0.3) is 0 Å². The second-order valence-electron chi connectivity index (χ2n) is 1.21. The number of hydrogen-bond donors (Lipinski definition) is 2. The third-order valence-electron chi connectivity index (χ3n) is 0.498. The van der Waals surface area contributed by atoms with E-state index < -0.39 is 6.23 Å². The summed E-state index contributed by atoms with van der Waals surface area (Å²) in [6.07, 6.45) is 0.993. The number of aliphatic hydroxyl groups excluding tert-OH is 1. The van der Waals surface area contributed by atoms with Crippen LogP contribution in [0.2, 0.25) is 0 Å². The van der Waals surface area contributed by atoms with E-state index in [-0.39, 0.29) is 0 Å². The second-order valence-corrected chi connectivity index (χ2v) is 1.21. The molecule has 0 bridgehead atoms. The van der Waals surface area contributed by atoms with E-state index in [4.69, 9.17) is 5.11 Å². The van der Waals surface area contributed by atoms with Crippen LogP contribution in [0.4, 0.5) is 0 Å². The van der Waals surface area contributed by atoms with Gasteiger partial charge in [0.05, 0.1) is 0 Å². The van der Waals surface area contributed by atoms with E-state index in [2.05, 4.69) is 18.8 Å². The Morgan fingerprint density at radius 3 is 2.57 bits per heavy atom. The van der Waals surface area contributed by atoms with Gasteiger partial charge in [-0.1, -0.05) is 6.08 Å². The molecule has 0 aromatic carbocycles. The predicted molar refractivity (Wildman–Crippen MR) is 29.6 cm³/mol. The van der Waals surface area contributed by atoms with Crippen LogP contribution in [0, 0.1) is 6.92 Å². The Hall–Kier alpha value is -0.340. The van der Waals surface area contributed by atoms with E-state index in [0.717, 1.165) is 0 Å². The zero-order valence-corrected chi connectivity index (χ0v) is 4.22. The van der Waals surface area contributed by atoms with Gasteiger partial charge in [0.2, 0.25) is 0 Å². The van der Waals surface area contributed by atoms with Crippen molar-refractivity contribution >= 4 is 0 Å². The first-order valence-corrected chi connectivity index (χ1v) is 2.13. The van der Waals surface area contributed by atoms with Crippen molar-refractivity contribution in [1.82, 2.24) is 5.32 Å². The molecule has 0 fully saturated rings. The highest BCUT2D eigenvalue weighted by Gasteiger charge is 1.85. The zero-order chi connectivity index (χ0) is 5.70. The fourth-order valence-corrected chi connectivity index (χ4v) is 0.219. The number of aliphatic hydroxyl groups is 1. The molecule has 0 heterocycles. The van der Waals surface area contributed by atoms with Gasteiger partial charge in [0.1, 0.15) is 6.23 Å². The molecule has 0 saturated heterocycles. The van der Waals surface area contributed by atoms with Crippen molar-refractivity contribution < 1.29 is 5.11 Å². The van der Waals surface area contributed by atoms with Crippen molar-refractivity contribution in [3.05, 3.63) is 19.6 Å². The normalized spacial score (nSPS) is 13.4. The first-order valence-electron chi connectivity index (χ1n) is 2.13. The van der Waals surface area contributed by atoms with Crippen molar-refractivity contribution in [2.45, 2.75) is 6.23 Å². The lowest BCUT2D eigenvalue weighted by Gasteiger charge is -2.00. The van der Waals surface area contributed by atoms with Crippen LogP contribution in [-0.2, 0) is 0 Å². The largest absolute Gasteiger partial charge is 0.379 e. The molecular formula is C5H10NO. The molecule has 1 unspecified atom stereocenters. The Kier molecular flexibility index (Phi) is 3.65. The molecule has 1 radical (unpaired) electrons. The molecule has 0 aromatic heterocycles. The van der Waals surface area contributed by atoms with Crippen LogP contribution in [0.15, 0.2) is 12.7 Å². The Labute approximate surface area is 43.9 Å². The topological polar surface area (TPSA) is 32.3 Å². The van der Waals surface area contributed by atoms with Gasteiger partial charge >= 0.3 is 0 Å². The van der Waals surface area contributed by atoms with Gasteiger partial charge in [-0.15, -0.1) is 6.58 Å². The summed E-state index contributed by atoms with van der Waals surface area (Å²) < 4.78 is 0. The Morgan fingerprint density at radius 1 is 1.86 bits per heavy atom. The average molecular weight is 100 g/mol. The van der Waals surface area contributed by atoms with Crippen LogP contribution < -0.4 is 5.32 Å². The lowest BCUT2D eigenvalue weighted by molar-refractivity contribution is 0.187. The molecule has 0 amide bonds. The summed E-state index contributed by atoms with van der Waals surface area (Å²) in [5, 5.41) is 11.0. The summed E-state index contributed by atoms with van der Waals surface area (Å²) >= 11 is 0. The SMILES string of the molecule is [CH2]C(O)NCC=C. The lowest BCUT2D eigenvalue weighted by atomic mass is 10.6. The summed E-state index contributed by atoms with van der Waals surface area (Å²) in [4.78, 5) is 0. The fraction of sp³-hybridized carbons (Fsp3) is 0.400. The molecule has 0 aliphatic rings. The minimum atomic E-state index is -0.669. The molecule has 1 atom stereocenters. The summed E-state index contributed by atoms with van der Waals surface area (Å²) in [5.74, 6) is 0.